The van der Waals surface area contributed by atoms with Crippen molar-refractivity contribution in [1.29, 1.82) is 0 Å². The van der Waals surface area contributed by atoms with Crippen LogP contribution in [0.15, 0.2) is 72.8 Å². The Morgan fingerprint density at radius 1 is 0.933 bits per heavy atom. The van der Waals surface area contributed by atoms with Crippen molar-refractivity contribution >= 4 is 17.6 Å². The lowest BCUT2D eigenvalue weighted by atomic mass is 10.1. The first kappa shape index (κ1) is 21.1. The second-order valence-electron chi connectivity index (χ2n) is 7.15. The van der Waals surface area contributed by atoms with Gasteiger partial charge < -0.3 is 14.8 Å². The van der Waals surface area contributed by atoms with Gasteiger partial charge in [-0.05, 0) is 62.2 Å². The van der Waals surface area contributed by atoms with Crippen molar-refractivity contribution in [3.05, 3.63) is 95.1 Å². The first-order chi connectivity index (χ1) is 14.4. The van der Waals surface area contributed by atoms with E-state index in [0.717, 1.165) is 22.4 Å². The molecule has 5 nitrogen and oxygen atoms in total. The second-order valence-corrected chi connectivity index (χ2v) is 7.15. The fourth-order valence-electron chi connectivity index (χ4n) is 2.93. The molecule has 0 saturated heterocycles. The number of nitrogens with one attached hydrogen (secondary N) is 1. The Balaban J connectivity index is 1.54. The standard InChI is InChI=1S/C25H25NO4/c1-17-9-14-23(18(2)15-17)26-24(27)21-10-12-22(13-11-21)30-19(3)25(28)29-16-20-7-5-4-6-8-20/h4-15,19H,16H2,1-3H3,(H,26,27)/t19-/m0/s1. The molecule has 0 bridgehead atoms. The number of ether oxygens (including phenoxy) is 2. The highest BCUT2D eigenvalue weighted by atomic mass is 16.6. The Morgan fingerprint density at radius 3 is 2.30 bits per heavy atom. The van der Waals surface area contributed by atoms with Gasteiger partial charge in [-0.3, -0.25) is 4.79 Å². The minimum atomic E-state index is -0.761. The Morgan fingerprint density at radius 2 is 1.63 bits per heavy atom. The number of amides is 1. The lowest BCUT2D eigenvalue weighted by Gasteiger charge is -2.14. The van der Waals surface area contributed by atoms with E-state index in [1.54, 1.807) is 31.2 Å². The number of carbonyl (C=O) groups excluding carboxylic acids is 2. The third kappa shape index (κ3) is 5.70. The first-order valence-electron chi connectivity index (χ1n) is 9.78. The van der Waals surface area contributed by atoms with E-state index in [-0.39, 0.29) is 12.5 Å². The van der Waals surface area contributed by atoms with Gasteiger partial charge in [-0.15, -0.1) is 0 Å². The number of aryl methyl sites for hydroxylation is 2. The summed E-state index contributed by atoms with van der Waals surface area (Å²) in [5.74, 6) is -0.165. The molecule has 3 aromatic carbocycles. The smallest absolute Gasteiger partial charge is 0.347 e. The van der Waals surface area contributed by atoms with Crippen LogP contribution < -0.4 is 10.1 Å². The van der Waals surface area contributed by atoms with Crippen molar-refractivity contribution in [2.24, 2.45) is 0 Å². The van der Waals surface area contributed by atoms with Gasteiger partial charge in [-0.2, -0.15) is 0 Å². The molecule has 0 aliphatic carbocycles. The van der Waals surface area contributed by atoms with E-state index in [9.17, 15) is 9.59 Å². The van der Waals surface area contributed by atoms with Crippen LogP contribution in [-0.2, 0) is 16.1 Å². The maximum Gasteiger partial charge on any atom is 0.347 e. The van der Waals surface area contributed by atoms with Crippen LogP contribution in [0.1, 0.15) is 34.0 Å². The highest BCUT2D eigenvalue weighted by Gasteiger charge is 2.17. The van der Waals surface area contributed by atoms with Crippen LogP contribution >= 0.6 is 0 Å². The summed E-state index contributed by atoms with van der Waals surface area (Å²) in [6.07, 6.45) is -0.761. The number of esters is 1. The minimum Gasteiger partial charge on any atom is -0.479 e. The Kier molecular flexibility index (Phi) is 6.86. The molecule has 0 aliphatic heterocycles. The molecule has 0 unspecified atom stereocenters. The van der Waals surface area contributed by atoms with Gasteiger partial charge in [0.2, 0.25) is 0 Å². The summed E-state index contributed by atoms with van der Waals surface area (Å²) < 4.78 is 10.9. The second kappa shape index (κ2) is 9.74. The zero-order chi connectivity index (χ0) is 21.5. The van der Waals surface area contributed by atoms with E-state index >= 15 is 0 Å². The number of carbonyl (C=O) groups is 2. The third-order valence-electron chi connectivity index (χ3n) is 4.62. The van der Waals surface area contributed by atoms with E-state index in [1.165, 1.54) is 0 Å². The molecule has 0 fully saturated rings. The predicted molar refractivity (Wildman–Crippen MR) is 117 cm³/mol. The maximum absolute atomic E-state index is 12.5. The zero-order valence-electron chi connectivity index (χ0n) is 17.3. The highest BCUT2D eigenvalue weighted by Crippen LogP contribution is 2.19. The molecule has 0 spiro atoms. The van der Waals surface area contributed by atoms with Crippen LogP contribution in [-0.4, -0.2) is 18.0 Å². The molecule has 0 heterocycles. The monoisotopic (exact) mass is 403 g/mol. The van der Waals surface area contributed by atoms with Gasteiger partial charge in [-0.25, -0.2) is 4.79 Å². The molecular formula is C25H25NO4. The quantitative estimate of drug-likeness (QED) is 0.560. The average Bonchev–Trinajstić information content (AvgIpc) is 2.75. The van der Waals surface area contributed by atoms with Crippen LogP contribution in [0.25, 0.3) is 0 Å². The lowest BCUT2D eigenvalue weighted by molar-refractivity contribution is -0.152. The zero-order valence-corrected chi connectivity index (χ0v) is 17.3. The van der Waals surface area contributed by atoms with Crippen molar-refractivity contribution in [2.45, 2.75) is 33.5 Å². The molecule has 5 heteroatoms. The molecule has 3 aromatic rings. The Bertz CT molecular complexity index is 1010. The summed E-state index contributed by atoms with van der Waals surface area (Å²) in [7, 11) is 0. The first-order valence-corrected chi connectivity index (χ1v) is 9.78. The number of hydrogen-bond donors (Lipinski definition) is 1. The summed E-state index contributed by atoms with van der Waals surface area (Å²) in [6, 6.07) is 22.0. The summed E-state index contributed by atoms with van der Waals surface area (Å²) >= 11 is 0. The largest absolute Gasteiger partial charge is 0.479 e. The molecule has 1 atom stereocenters. The van der Waals surface area contributed by atoms with Crippen molar-refractivity contribution in [3.8, 4) is 5.75 Å². The Hall–Kier alpha value is -3.60. The molecule has 30 heavy (non-hydrogen) atoms. The average molecular weight is 403 g/mol. The van der Waals surface area contributed by atoms with Gasteiger partial charge in [0.15, 0.2) is 6.10 Å². The van der Waals surface area contributed by atoms with Crippen LogP contribution in [0.5, 0.6) is 5.75 Å². The van der Waals surface area contributed by atoms with Gasteiger partial charge in [-0.1, -0.05) is 48.0 Å². The number of hydrogen-bond acceptors (Lipinski definition) is 4. The predicted octanol–water partition coefficient (Wildman–Crippen LogP) is 5.07. The fourth-order valence-corrected chi connectivity index (χ4v) is 2.93. The van der Waals surface area contributed by atoms with E-state index in [0.29, 0.717) is 11.3 Å². The van der Waals surface area contributed by atoms with Crippen LogP contribution in [0.4, 0.5) is 5.69 Å². The molecular weight excluding hydrogens is 378 g/mol. The summed E-state index contributed by atoms with van der Waals surface area (Å²) in [4.78, 5) is 24.6. The number of rotatable bonds is 7. The third-order valence-corrected chi connectivity index (χ3v) is 4.62. The van der Waals surface area contributed by atoms with E-state index in [1.807, 2.05) is 62.4 Å². The molecule has 1 amide bonds. The molecule has 0 aromatic heterocycles. The van der Waals surface area contributed by atoms with Gasteiger partial charge in [0.1, 0.15) is 12.4 Å². The van der Waals surface area contributed by atoms with Crippen molar-refractivity contribution in [2.75, 3.05) is 5.32 Å². The fraction of sp³-hybridized carbons (Fsp3) is 0.200. The van der Waals surface area contributed by atoms with Crippen LogP contribution in [0, 0.1) is 13.8 Å². The summed E-state index contributed by atoms with van der Waals surface area (Å²) in [5.41, 5.74) is 4.34. The number of benzene rings is 3. The lowest BCUT2D eigenvalue weighted by Crippen LogP contribution is -2.26. The molecule has 3 rings (SSSR count). The van der Waals surface area contributed by atoms with Gasteiger partial charge >= 0.3 is 5.97 Å². The minimum absolute atomic E-state index is 0.199. The summed E-state index contributed by atoms with van der Waals surface area (Å²) in [6.45, 7) is 5.80. The van der Waals surface area contributed by atoms with Gasteiger partial charge in [0, 0.05) is 11.3 Å². The highest BCUT2D eigenvalue weighted by molar-refractivity contribution is 6.04. The van der Waals surface area contributed by atoms with Crippen molar-refractivity contribution < 1.29 is 19.1 Å². The molecule has 0 saturated carbocycles. The topological polar surface area (TPSA) is 64.6 Å². The van der Waals surface area contributed by atoms with Gasteiger partial charge in [0.05, 0.1) is 0 Å². The molecule has 154 valence electrons. The summed E-state index contributed by atoms with van der Waals surface area (Å²) in [5, 5.41) is 2.91. The Labute approximate surface area is 176 Å². The molecule has 0 radical (unpaired) electrons. The van der Waals surface area contributed by atoms with E-state index < -0.39 is 12.1 Å². The van der Waals surface area contributed by atoms with E-state index in [2.05, 4.69) is 5.32 Å². The van der Waals surface area contributed by atoms with Crippen molar-refractivity contribution in [1.82, 2.24) is 0 Å². The van der Waals surface area contributed by atoms with E-state index in [4.69, 9.17) is 9.47 Å². The van der Waals surface area contributed by atoms with Gasteiger partial charge in [0.25, 0.3) is 5.91 Å². The maximum atomic E-state index is 12.5. The van der Waals surface area contributed by atoms with Crippen LogP contribution in [0.3, 0.4) is 0 Å². The number of anilines is 1. The molecule has 0 aliphatic rings. The molecule has 1 N–H and O–H groups in total. The van der Waals surface area contributed by atoms with Crippen LogP contribution in [0.2, 0.25) is 0 Å². The normalized spacial score (nSPS) is 11.4. The van der Waals surface area contributed by atoms with Crippen molar-refractivity contribution in [3.63, 3.8) is 0 Å². The SMILES string of the molecule is Cc1ccc(NC(=O)c2ccc(O[C@@H](C)C(=O)OCc3ccccc3)cc2)c(C)c1.